The van der Waals surface area contributed by atoms with Gasteiger partial charge in [-0.15, -0.1) is 0 Å². The summed E-state index contributed by atoms with van der Waals surface area (Å²) in [7, 11) is 0. The maximum atomic E-state index is 12.1. The minimum absolute atomic E-state index is 0.102. The summed E-state index contributed by atoms with van der Waals surface area (Å²) in [5.74, 6) is -0.352. The second-order valence-corrected chi connectivity index (χ2v) is 7.38. The lowest BCUT2D eigenvalue weighted by atomic mass is 10.1. The minimum Gasteiger partial charge on any atom is -0.456 e. The summed E-state index contributed by atoms with van der Waals surface area (Å²) in [4.78, 5) is 30.7. The van der Waals surface area contributed by atoms with E-state index in [4.69, 9.17) is 9.15 Å². The number of ether oxygens (including phenoxy) is 1. The number of aryl methyl sites for hydroxylation is 1. The Kier molecular flexibility index (Phi) is 6.27. The number of hydrogen-bond acceptors (Lipinski definition) is 6. The Morgan fingerprint density at radius 2 is 1.80 bits per heavy atom. The van der Waals surface area contributed by atoms with Crippen LogP contribution in [-0.4, -0.2) is 36.6 Å². The molecule has 0 atom stereocenters. The Morgan fingerprint density at radius 3 is 2.57 bits per heavy atom. The smallest absolute Gasteiger partial charge is 0.306 e. The third-order valence-corrected chi connectivity index (χ3v) is 5.12. The van der Waals surface area contributed by atoms with Crippen LogP contribution in [0, 0.1) is 0 Å². The lowest BCUT2D eigenvalue weighted by molar-refractivity contribution is -0.147. The molecule has 1 saturated heterocycles. The summed E-state index contributed by atoms with van der Waals surface area (Å²) < 4.78 is 10.6. The van der Waals surface area contributed by atoms with Crippen LogP contribution in [-0.2, 0) is 20.7 Å². The molecule has 1 amide bonds. The number of oxazole rings is 1. The van der Waals surface area contributed by atoms with Crippen molar-refractivity contribution in [3.63, 3.8) is 0 Å². The summed E-state index contributed by atoms with van der Waals surface area (Å²) in [5.41, 5.74) is 3.29. The van der Waals surface area contributed by atoms with Crippen molar-refractivity contribution in [3.05, 3.63) is 54.4 Å². The van der Waals surface area contributed by atoms with Gasteiger partial charge in [0.05, 0.1) is 6.42 Å². The standard InChI is InChI=1S/C23H25N3O4/c27-21(24-17-8-10-18(11-9-17)26-14-4-1-5-15-26)16-29-23(28)13-12-22-25-19-6-2-3-7-20(19)30-22/h2-3,6-11H,1,4-5,12-16H2,(H,24,27). The second kappa shape index (κ2) is 9.43. The van der Waals surface area contributed by atoms with Gasteiger partial charge in [-0.05, 0) is 55.7 Å². The number of hydrogen-bond donors (Lipinski definition) is 1. The van der Waals surface area contributed by atoms with Crippen LogP contribution in [0.3, 0.4) is 0 Å². The van der Waals surface area contributed by atoms with Gasteiger partial charge in [-0.25, -0.2) is 4.98 Å². The summed E-state index contributed by atoms with van der Waals surface area (Å²) in [5, 5.41) is 2.75. The van der Waals surface area contributed by atoms with E-state index in [0.717, 1.165) is 18.6 Å². The first-order valence-corrected chi connectivity index (χ1v) is 10.3. The lowest BCUT2D eigenvalue weighted by Gasteiger charge is -2.28. The highest BCUT2D eigenvalue weighted by molar-refractivity contribution is 5.93. The number of nitrogens with zero attached hydrogens (tertiary/aromatic N) is 2. The number of anilines is 2. The van der Waals surface area contributed by atoms with Gasteiger partial charge in [0.15, 0.2) is 18.1 Å². The molecule has 0 bridgehead atoms. The van der Waals surface area contributed by atoms with Gasteiger partial charge in [0.25, 0.3) is 5.91 Å². The molecule has 7 nitrogen and oxygen atoms in total. The molecule has 2 aromatic carbocycles. The highest BCUT2D eigenvalue weighted by Crippen LogP contribution is 2.22. The number of benzene rings is 2. The number of fused-ring (bicyclic) bond motifs is 1. The fraction of sp³-hybridized carbons (Fsp3) is 0.348. The van der Waals surface area contributed by atoms with Gasteiger partial charge < -0.3 is 19.4 Å². The zero-order valence-corrected chi connectivity index (χ0v) is 16.8. The summed E-state index contributed by atoms with van der Waals surface area (Å²) >= 11 is 0. The molecule has 156 valence electrons. The molecule has 0 saturated carbocycles. The molecular formula is C23H25N3O4. The number of nitrogens with one attached hydrogen (secondary N) is 1. The average molecular weight is 407 g/mol. The van der Waals surface area contributed by atoms with Crippen LogP contribution in [0.15, 0.2) is 52.9 Å². The van der Waals surface area contributed by atoms with Crippen molar-refractivity contribution in [2.75, 3.05) is 29.9 Å². The molecular weight excluding hydrogens is 382 g/mol. The first-order chi connectivity index (χ1) is 14.7. The Morgan fingerprint density at radius 1 is 1.03 bits per heavy atom. The van der Waals surface area contributed by atoms with Crippen molar-refractivity contribution in [3.8, 4) is 0 Å². The molecule has 4 rings (SSSR count). The van der Waals surface area contributed by atoms with E-state index in [2.05, 4.69) is 15.2 Å². The Hall–Kier alpha value is -3.35. The Labute approximate surface area is 175 Å². The summed E-state index contributed by atoms with van der Waals surface area (Å²) in [6.45, 7) is 1.83. The zero-order chi connectivity index (χ0) is 20.8. The predicted octanol–water partition coefficient (Wildman–Crippen LogP) is 3.93. The summed E-state index contributed by atoms with van der Waals surface area (Å²) in [6, 6.07) is 15.2. The van der Waals surface area contributed by atoms with E-state index < -0.39 is 5.97 Å². The molecule has 2 heterocycles. The molecule has 0 unspecified atom stereocenters. The van der Waals surface area contributed by atoms with Crippen LogP contribution in [0.1, 0.15) is 31.6 Å². The molecule has 3 aromatic rings. The van der Waals surface area contributed by atoms with Crippen molar-refractivity contribution in [2.45, 2.75) is 32.1 Å². The zero-order valence-electron chi connectivity index (χ0n) is 16.8. The van der Waals surface area contributed by atoms with Gasteiger partial charge in [-0.3, -0.25) is 9.59 Å². The average Bonchev–Trinajstić information content (AvgIpc) is 3.20. The number of piperidine rings is 1. The number of rotatable bonds is 7. The topological polar surface area (TPSA) is 84.7 Å². The van der Waals surface area contributed by atoms with Crippen LogP contribution in [0.4, 0.5) is 11.4 Å². The number of carbonyl (C=O) groups is 2. The maximum Gasteiger partial charge on any atom is 0.306 e. The maximum absolute atomic E-state index is 12.1. The number of aromatic nitrogens is 1. The van der Waals surface area contributed by atoms with Crippen LogP contribution in [0.25, 0.3) is 11.1 Å². The number of para-hydroxylation sites is 2. The van der Waals surface area contributed by atoms with E-state index in [9.17, 15) is 9.59 Å². The van der Waals surface area contributed by atoms with E-state index in [1.807, 2.05) is 48.5 Å². The van der Waals surface area contributed by atoms with E-state index in [-0.39, 0.29) is 18.9 Å². The molecule has 1 aliphatic heterocycles. The number of esters is 1. The first kappa shape index (κ1) is 19.9. The third-order valence-electron chi connectivity index (χ3n) is 5.12. The molecule has 0 aliphatic carbocycles. The van der Waals surface area contributed by atoms with Crippen LogP contribution >= 0.6 is 0 Å². The largest absolute Gasteiger partial charge is 0.456 e. The lowest BCUT2D eigenvalue weighted by Crippen LogP contribution is -2.29. The predicted molar refractivity (Wildman–Crippen MR) is 114 cm³/mol. The SMILES string of the molecule is O=C(COC(=O)CCc1nc2ccccc2o1)Nc1ccc(N2CCCCC2)cc1. The van der Waals surface area contributed by atoms with Gasteiger partial charge >= 0.3 is 5.97 Å². The second-order valence-electron chi connectivity index (χ2n) is 7.38. The van der Waals surface area contributed by atoms with E-state index in [1.54, 1.807) is 0 Å². The van der Waals surface area contributed by atoms with E-state index >= 15 is 0 Å². The minimum atomic E-state index is -0.465. The van der Waals surface area contributed by atoms with Gasteiger partial charge in [-0.2, -0.15) is 0 Å². The van der Waals surface area contributed by atoms with Crippen molar-refractivity contribution < 1.29 is 18.7 Å². The fourth-order valence-corrected chi connectivity index (χ4v) is 3.56. The molecule has 1 fully saturated rings. The number of amides is 1. The van der Waals surface area contributed by atoms with Crippen molar-refractivity contribution in [2.24, 2.45) is 0 Å². The molecule has 0 radical (unpaired) electrons. The number of carbonyl (C=O) groups excluding carboxylic acids is 2. The molecule has 1 aromatic heterocycles. The first-order valence-electron chi connectivity index (χ1n) is 10.3. The van der Waals surface area contributed by atoms with Crippen molar-refractivity contribution in [1.29, 1.82) is 0 Å². The highest BCUT2D eigenvalue weighted by atomic mass is 16.5. The quantitative estimate of drug-likeness (QED) is 0.598. The Bertz CT molecular complexity index is 974. The van der Waals surface area contributed by atoms with Gasteiger partial charge in [-0.1, -0.05) is 12.1 Å². The molecule has 7 heteroatoms. The Balaban J connectivity index is 1.19. The monoisotopic (exact) mass is 407 g/mol. The fourth-order valence-electron chi connectivity index (χ4n) is 3.56. The highest BCUT2D eigenvalue weighted by Gasteiger charge is 2.13. The van der Waals surface area contributed by atoms with Crippen LogP contribution < -0.4 is 10.2 Å². The van der Waals surface area contributed by atoms with Crippen molar-refractivity contribution >= 4 is 34.4 Å². The van der Waals surface area contributed by atoms with E-state index in [0.29, 0.717) is 23.6 Å². The van der Waals surface area contributed by atoms with Gasteiger partial charge in [0.1, 0.15) is 5.52 Å². The van der Waals surface area contributed by atoms with Crippen LogP contribution in [0.5, 0.6) is 0 Å². The van der Waals surface area contributed by atoms with E-state index in [1.165, 1.54) is 24.9 Å². The molecule has 1 N–H and O–H groups in total. The summed E-state index contributed by atoms with van der Waals surface area (Å²) in [6.07, 6.45) is 4.16. The van der Waals surface area contributed by atoms with Gasteiger partial charge in [0.2, 0.25) is 0 Å². The van der Waals surface area contributed by atoms with Crippen molar-refractivity contribution in [1.82, 2.24) is 4.98 Å². The van der Waals surface area contributed by atoms with Crippen LogP contribution in [0.2, 0.25) is 0 Å². The molecule has 30 heavy (non-hydrogen) atoms. The van der Waals surface area contributed by atoms with Gasteiger partial charge in [0, 0.05) is 30.9 Å². The third kappa shape index (κ3) is 5.17. The molecule has 1 aliphatic rings. The molecule has 0 spiro atoms. The normalized spacial score (nSPS) is 13.9.